The predicted octanol–water partition coefficient (Wildman–Crippen LogP) is 3.69. The second kappa shape index (κ2) is 6.98. The Morgan fingerprint density at radius 1 is 1.30 bits per heavy atom. The Kier molecular flexibility index (Phi) is 5.04. The smallest absolute Gasteiger partial charge is 0.237 e. The molecule has 20 heavy (non-hydrogen) atoms. The van der Waals surface area contributed by atoms with Gasteiger partial charge in [-0.2, -0.15) is 0 Å². The molecule has 1 N–H and O–H groups in total. The van der Waals surface area contributed by atoms with Crippen molar-refractivity contribution < 1.29 is 4.74 Å². The van der Waals surface area contributed by atoms with Crippen LogP contribution in [0.15, 0.2) is 36.7 Å². The normalized spacial score (nSPS) is 10.8. The maximum absolute atomic E-state index is 5.71. The van der Waals surface area contributed by atoms with Crippen LogP contribution in [0.4, 0.5) is 5.69 Å². The lowest BCUT2D eigenvalue weighted by atomic mass is 10.3. The second-order valence-corrected chi connectivity index (χ2v) is 5.07. The number of hydrogen-bond acceptors (Lipinski definition) is 3. The molecule has 0 fully saturated rings. The van der Waals surface area contributed by atoms with Gasteiger partial charge >= 0.3 is 0 Å². The van der Waals surface area contributed by atoms with Gasteiger partial charge in [0.2, 0.25) is 5.88 Å². The summed E-state index contributed by atoms with van der Waals surface area (Å²) in [4.78, 5) is 4.29. The summed E-state index contributed by atoms with van der Waals surface area (Å²) in [6.45, 7) is 8.02. The van der Waals surface area contributed by atoms with Crippen LogP contribution < -0.4 is 10.1 Å². The average molecular weight is 273 g/mol. The van der Waals surface area contributed by atoms with Crippen LogP contribution in [-0.4, -0.2) is 15.7 Å². The molecule has 0 aliphatic heterocycles. The first-order valence-electron chi connectivity index (χ1n) is 7.20. The van der Waals surface area contributed by atoms with Gasteiger partial charge in [-0.3, -0.25) is 0 Å². The Bertz CT molecular complexity index is 534. The Morgan fingerprint density at radius 3 is 2.90 bits per heavy atom. The monoisotopic (exact) mass is 273 g/mol. The lowest BCUT2D eigenvalue weighted by Gasteiger charge is -2.15. The molecule has 0 saturated carbocycles. The largest absolute Gasteiger partial charge is 0.473 e. The topological polar surface area (TPSA) is 39.1 Å². The molecule has 0 amide bonds. The van der Waals surface area contributed by atoms with Crippen molar-refractivity contribution in [3.63, 3.8) is 0 Å². The van der Waals surface area contributed by atoms with E-state index in [-0.39, 0.29) is 6.10 Å². The van der Waals surface area contributed by atoms with Crippen LogP contribution >= 0.6 is 0 Å². The molecule has 0 aliphatic carbocycles. The van der Waals surface area contributed by atoms with E-state index >= 15 is 0 Å². The zero-order valence-electron chi connectivity index (χ0n) is 12.5. The third-order valence-electron chi connectivity index (χ3n) is 2.97. The highest BCUT2D eigenvalue weighted by atomic mass is 16.5. The van der Waals surface area contributed by atoms with E-state index in [4.69, 9.17) is 4.74 Å². The van der Waals surface area contributed by atoms with Crippen LogP contribution in [-0.2, 0) is 13.1 Å². The Balaban J connectivity index is 2.05. The van der Waals surface area contributed by atoms with Gasteiger partial charge < -0.3 is 14.6 Å². The van der Waals surface area contributed by atoms with Crippen LogP contribution in [0.2, 0.25) is 0 Å². The third kappa shape index (κ3) is 3.76. The van der Waals surface area contributed by atoms with Crippen molar-refractivity contribution in [2.24, 2.45) is 0 Å². The first-order chi connectivity index (χ1) is 9.70. The van der Waals surface area contributed by atoms with Gasteiger partial charge in [0.15, 0.2) is 0 Å². The van der Waals surface area contributed by atoms with E-state index in [1.165, 1.54) is 5.69 Å². The summed E-state index contributed by atoms with van der Waals surface area (Å²) >= 11 is 0. The van der Waals surface area contributed by atoms with E-state index < -0.39 is 0 Å². The molecule has 0 atom stereocenters. The molecule has 0 spiro atoms. The minimum Gasteiger partial charge on any atom is -0.473 e. The summed E-state index contributed by atoms with van der Waals surface area (Å²) in [5.41, 5.74) is 2.21. The molecular formula is C16H23N3O. The molecule has 0 bridgehead atoms. The van der Waals surface area contributed by atoms with Gasteiger partial charge in [-0.15, -0.1) is 0 Å². The lowest BCUT2D eigenvalue weighted by Crippen LogP contribution is -2.11. The Morgan fingerprint density at radius 2 is 2.15 bits per heavy atom. The maximum Gasteiger partial charge on any atom is 0.237 e. The van der Waals surface area contributed by atoms with Gasteiger partial charge in [-0.1, -0.05) is 6.92 Å². The van der Waals surface area contributed by atoms with E-state index in [0.29, 0.717) is 5.88 Å². The molecule has 0 radical (unpaired) electrons. The molecule has 0 saturated heterocycles. The third-order valence-corrected chi connectivity index (χ3v) is 2.97. The van der Waals surface area contributed by atoms with Crippen LogP contribution in [0, 0.1) is 0 Å². The summed E-state index contributed by atoms with van der Waals surface area (Å²) in [7, 11) is 0. The summed E-state index contributed by atoms with van der Waals surface area (Å²) in [5, 5.41) is 3.41. The average Bonchev–Trinajstić information content (AvgIpc) is 2.85. The van der Waals surface area contributed by atoms with Gasteiger partial charge in [-0.05, 0) is 44.5 Å². The van der Waals surface area contributed by atoms with Gasteiger partial charge in [0.25, 0.3) is 0 Å². The van der Waals surface area contributed by atoms with Crippen LogP contribution in [0.3, 0.4) is 0 Å². The molecule has 0 aromatic carbocycles. The molecule has 4 nitrogen and oxygen atoms in total. The molecule has 0 unspecified atom stereocenters. The Labute approximate surface area is 120 Å². The van der Waals surface area contributed by atoms with Crippen molar-refractivity contribution in [2.75, 3.05) is 5.32 Å². The summed E-state index contributed by atoms with van der Waals surface area (Å²) in [6.07, 6.45) is 5.13. The summed E-state index contributed by atoms with van der Waals surface area (Å²) in [5.74, 6) is 0.663. The van der Waals surface area contributed by atoms with Crippen molar-refractivity contribution in [1.29, 1.82) is 0 Å². The minimum absolute atomic E-state index is 0.120. The van der Waals surface area contributed by atoms with E-state index in [9.17, 15) is 0 Å². The number of anilines is 1. The number of aryl methyl sites for hydroxylation is 1. The number of rotatable bonds is 7. The quantitative estimate of drug-likeness (QED) is 0.836. The lowest BCUT2D eigenvalue weighted by molar-refractivity contribution is 0.234. The Hall–Kier alpha value is -1.97. The number of pyridine rings is 1. The van der Waals surface area contributed by atoms with Gasteiger partial charge in [0.1, 0.15) is 0 Å². The molecule has 2 rings (SSSR count). The van der Waals surface area contributed by atoms with Crippen LogP contribution in [0.5, 0.6) is 5.88 Å². The van der Waals surface area contributed by atoms with E-state index in [0.717, 1.165) is 25.2 Å². The zero-order chi connectivity index (χ0) is 14.4. The van der Waals surface area contributed by atoms with E-state index in [1.54, 1.807) is 6.20 Å². The number of nitrogens with zero attached hydrogens (tertiary/aromatic N) is 2. The number of ether oxygens (including phenoxy) is 1. The fraction of sp³-hybridized carbons (Fsp3) is 0.438. The highest BCUT2D eigenvalue weighted by molar-refractivity contribution is 5.52. The highest BCUT2D eigenvalue weighted by Gasteiger charge is 2.07. The standard InChI is InChI=1S/C16H23N3O/c1-4-10-19-11-6-7-14(19)12-18-15-8-5-9-17-16(15)20-13(2)3/h5-9,11,13,18H,4,10,12H2,1-3H3. The molecule has 2 aromatic rings. The van der Waals surface area contributed by atoms with Crippen molar-refractivity contribution in [1.82, 2.24) is 9.55 Å². The van der Waals surface area contributed by atoms with E-state index in [1.807, 2.05) is 26.0 Å². The van der Waals surface area contributed by atoms with Crippen molar-refractivity contribution in [3.8, 4) is 5.88 Å². The predicted molar refractivity (Wildman–Crippen MR) is 82.1 cm³/mol. The van der Waals surface area contributed by atoms with Crippen LogP contribution in [0.1, 0.15) is 32.9 Å². The maximum atomic E-state index is 5.71. The molecule has 2 heterocycles. The highest BCUT2D eigenvalue weighted by Crippen LogP contribution is 2.22. The van der Waals surface area contributed by atoms with E-state index in [2.05, 4.69) is 40.1 Å². The summed E-state index contributed by atoms with van der Waals surface area (Å²) < 4.78 is 7.98. The van der Waals surface area contributed by atoms with Crippen molar-refractivity contribution in [2.45, 2.75) is 46.4 Å². The SMILES string of the molecule is CCCn1cccc1CNc1cccnc1OC(C)C. The zero-order valence-corrected chi connectivity index (χ0v) is 12.5. The molecule has 0 aliphatic rings. The molecule has 108 valence electrons. The molecule has 4 heteroatoms. The fourth-order valence-electron chi connectivity index (χ4n) is 2.10. The number of aromatic nitrogens is 2. The fourth-order valence-corrected chi connectivity index (χ4v) is 2.10. The molecular weight excluding hydrogens is 250 g/mol. The first kappa shape index (κ1) is 14.4. The van der Waals surface area contributed by atoms with Crippen molar-refractivity contribution >= 4 is 5.69 Å². The van der Waals surface area contributed by atoms with Gasteiger partial charge in [-0.25, -0.2) is 4.98 Å². The van der Waals surface area contributed by atoms with Crippen molar-refractivity contribution in [3.05, 3.63) is 42.4 Å². The first-order valence-corrected chi connectivity index (χ1v) is 7.20. The summed E-state index contributed by atoms with van der Waals surface area (Å²) in [6, 6.07) is 8.14. The second-order valence-electron chi connectivity index (χ2n) is 5.07. The van der Waals surface area contributed by atoms with Crippen LogP contribution in [0.25, 0.3) is 0 Å². The number of nitrogens with one attached hydrogen (secondary N) is 1. The van der Waals surface area contributed by atoms with Gasteiger partial charge in [0.05, 0.1) is 18.3 Å². The minimum atomic E-state index is 0.120. The van der Waals surface area contributed by atoms with Gasteiger partial charge in [0, 0.05) is 24.6 Å². The number of hydrogen-bond donors (Lipinski definition) is 1. The molecule has 2 aromatic heterocycles.